The van der Waals surface area contributed by atoms with Crippen molar-refractivity contribution in [2.45, 2.75) is 43.7 Å². The Bertz CT molecular complexity index is 619. The van der Waals surface area contributed by atoms with Gasteiger partial charge in [-0.25, -0.2) is 17.9 Å². The van der Waals surface area contributed by atoms with Gasteiger partial charge in [0.1, 0.15) is 10.6 Å². The van der Waals surface area contributed by atoms with Crippen molar-refractivity contribution in [1.82, 2.24) is 9.29 Å². The Morgan fingerprint density at radius 1 is 1.52 bits per heavy atom. The smallest absolute Gasteiger partial charge is 0.352 e. The number of aryl methyl sites for hydroxylation is 1. The Hall–Kier alpha value is -1.38. The standard InChI is InChI=1S/C13H20N2O5S/c1-2-5-15-8-10(6-11(15)13(17)18)21(19,20)14-7-12(16)9-3-4-9/h6,8-9,12,14,16H,2-5,7H2,1H3,(H,17,18). The van der Waals surface area contributed by atoms with Gasteiger partial charge in [0.2, 0.25) is 10.0 Å². The highest BCUT2D eigenvalue weighted by Gasteiger charge is 2.31. The molecule has 2 rings (SSSR count). The maximum Gasteiger partial charge on any atom is 0.352 e. The lowest BCUT2D eigenvalue weighted by Gasteiger charge is -2.10. The molecular formula is C13H20N2O5S. The second-order valence-electron chi connectivity index (χ2n) is 5.32. The lowest BCUT2D eigenvalue weighted by molar-refractivity contribution is 0.0685. The van der Waals surface area contributed by atoms with E-state index in [-0.39, 0.29) is 23.1 Å². The molecule has 1 atom stereocenters. The number of aromatic carboxylic acids is 1. The van der Waals surface area contributed by atoms with Crippen LogP contribution in [0.4, 0.5) is 0 Å². The van der Waals surface area contributed by atoms with Crippen LogP contribution in [0.2, 0.25) is 0 Å². The lowest BCUT2D eigenvalue weighted by atomic mass is 10.2. The first kappa shape index (κ1) is 16.0. The summed E-state index contributed by atoms with van der Waals surface area (Å²) in [6.45, 7) is 2.26. The predicted octanol–water partition coefficient (Wildman–Crippen LogP) is 0.645. The number of carboxylic acids is 1. The van der Waals surface area contributed by atoms with E-state index in [0.717, 1.165) is 18.9 Å². The second-order valence-corrected chi connectivity index (χ2v) is 7.08. The largest absolute Gasteiger partial charge is 0.477 e. The minimum atomic E-state index is -3.81. The van der Waals surface area contributed by atoms with Crippen molar-refractivity contribution in [2.24, 2.45) is 5.92 Å². The average Bonchev–Trinajstić information content (AvgIpc) is 3.17. The van der Waals surface area contributed by atoms with E-state index in [2.05, 4.69) is 4.72 Å². The average molecular weight is 316 g/mol. The quantitative estimate of drug-likeness (QED) is 0.652. The van der Waals surface area contributed by atoms with E-state index in [1.165, 1.54) is 10.8 Å². The maximum atomic E-state index is 12.1. The number of rotatable bonds is 8. The van der Waals surface area contributed by atoms with Crippen LogP contribution in [0.1, 0.15) is 36.7 Å². The summed E-state index contributed by atoms with van der Waals surface area (Å²) in [6, 6.07) is 1.14. The van der Waals surface area contributed by atoms with Crippen molar-refractivity contribution in [3.63, 3.8) is 0 Å². The predicted molar refractivity (Wildman–Crippen MR) is 75.6 cm³/mol. The molecule has 8 heteroatoms. The van der Waals surface area contributed by atoms with Crippen LogP contribution in [0.15, 0.2) is 17.2 Å². The van der Waals surface area contributed by atoms with Crippen molar-refractivity contribution in [1.29, 1.82) is 0 Å². The Kier molecular flexibility index (Phi) is 4.70. The summed E-state index contributed by atoms with van der Waals surface area (Å²) in [5.74, 6) is -0.991. The third-order valence-corrected chi connectivity index (χ3v) is 4.90. The fraction of sp³-hybridized carbons (Fsp3) is 0.615. The number of nitrogens with zero attached hydrogens (tertiary/aromatic N) is 1. The first-order valence-electron chi connectivity index (χ1n) is 6.96. The molecule has 0 radical (unpaired) electrons. The number of hydrogen-bond donors (Lipinski definition) is 3. The summed E-state index contributed by atoms with van der Waals surface area (Å²) in [5, 5.41) is 18.8. The Morgan fingerprint density at radius 2 is 2.19 bits per heavy atom. The van der Waals surface area contributed by atoms with Gasteiger partial charge in [-0.15, -0.1) is 0 Å². The van der Waals surface area contributed by atoms with Crippen LogP contribution in [0.25, 0.3) is 0 Å². The molecule has 1 aromatic rings. The maximum absolute atomic E-state index is 12.1. The van der Waals surface area contributed by atoms with E-state index < -0.39 is 22.1 Å². The number of carbonyl (C=O) groups is 1. The minimum Gasteiger partial charge on any atom is -0.477 e. The van der Waals surface area contributed by atoms with E-state index in [1.807, 2.05) is 6.92 Å². The number of aliphatic hydroxyl groups is 1. The van der Waals surface area contributed by atoms with Crippen molar-refractivity contribution >= 4 is 16.0 Å². The van der Waals surface area contributed by atoms with Gasteiger partial charge >= 0.3 is 5.97 Å². The van der Waals surface area contributed by atoms with Gasteiger partial charge < -0.3 is 14.8 Å². The molecule has 1 aromatic heterocycles. The van der Waals surface area contributed by atoms with Crippen LogP contribution in [-0.2, 0) is 16.6 Å². The summed E-state index contributed by atoms with van der Waals surface area (Å²) in [5.41, 5.74) is -0.0556. The second kappa shape index (κ2) is 6.17. The molecule has 1 saturated carbocycles. The molecule has 3 N–H and O–H groups in total. The number of sulfonamides is 1. The molecular weight excluding hydrogens is 296 g/mol. The highest BCUT2D eigenvalue weighted by Crippen LogP contribution is 2.32. The lowest BCUT2D eigenvalue weighted by Crippen LogP contribution is -2.33. The number of nitrogens with one attached hydrogen (secondary N) is 1. The highest BCUT2D eigenvalue weighted by molar-refractivity contribution is 7.89. The van der Waals surface area contributed by atoms with Crippen LogP contribution < -0.4 is 4.72 Å². The zero-order valence-corrected chi connectivity index (χ0v) is 12.6. The fourth-order valence-electron chi connectivity index (χ4n) is 2.16. The van der Waals surface area contributed by atoms with E-state index in [9.17, 15) is 18.3 Å². The zero-order valence-electron chi connectivity index (χ0n) is 11.8. The molecule has 1 unspecified atom stereocenters. The van der Waals surface area contributed by atoms with Crippen LogP contribution >= 0.6 is 0 Å². The summed E-state index contributed by atoms with van der Waals surface area (Å²) in [6.07, 6.45) is 3.16. The zero-order chi connectivity index (χ0) is 15.6. The molecule has 0 saturated heterocycles. The Labute approximate surface area is 123 Å². The highest BCUT2D eigenvalue weighted by atomic mass is 32.2. The SMILES string of the molecule is CCCn1cc(S(=O)(=O)NCC(O)C2CC2)cc1C(=O)O. The molecule has 1 heterocycles. The fourth-order valence-corrected chi connectivity index (χ4v) is 3.25. The van der Waals surface area contributed by atoms with Gasteiger partial charge in [0, 0.05) is 19.3 Å². The number of carboxylic acid groups (broad SMARTS) is 1. The molecule has 0 bridgehead atoms. The molecule has 1 fully saturated rings. The van der Waals surface area contributed by atoms with Gasteiger partial charge in [-0.05, 0) is 31.2 Å². The molecule has 1 aliphatic rings. The summed E-state index contributed by atoms with van der Waals surface area (Å²) < 4.78 is 28.0. The molecule has 0 amide bonds. The van der Waals surface area contributed by atoms with Crippen LogP contribution in [0.5, 0.6) is 0 Å². The van der Waals surface area contributed by atoms with Crippen molar-refractivity contribution in [3.8, 4) is 0 Å². The molecule has 21 heavy (non-hydrogen) atoms. The number of aliphatic hydroxyl groups excluding tert-OH is 1. The van der Waals surface area contributed by atoms with Crippen molar-refractivity contribution < 1.29 is 23.4 Å². The van der Waals surface area contributed by atoms with Gasteiger partial charge in [-0.1, -0.05) is 6.92 Å². The van der Waals surface area contributed by atoms with Gasteiger partial charge in [0.15, 0.2) is 0 Å². The number of aromatic nitrogens is 1. The van der Waals surface area contributed by atoms with Gasteiger partial charge in [-0.2, -0.15) is 0 Å². The Balaban J connectivity index is 2.14. The monoisotopic (exact) mass is 316 g/mol. The van der Waals surface area contributed by atoms with Gasteiger partial charge in [0.05, 0.1) is 6.10 Å². The van der Waals surface area contributed by atoms with Crippen molar-refractivity contribution in [2.75, 3.05) is 6.54 Å². The topological polar surface area (TPSA) is 109 Å². The van der Waals surface area contributed by atoms with Crippen LogP contribution in [-0.4, -0.2) is 41.8 Å². The van der Waals surface area contributed by atoms with Crippen LogP contribution in [0, 0.1) is 5.92 Å². The Morgan fingerprint density at radius 3 is 2.71 bits per heavy atom. The molecule has 1 aliphatic carbocycles. The third kappa shape index (κ3) is 3.84. The van der Waals surface area contributed by atoms with E-state index >= 15 is 0 Å². The van der Waals surface area contributed by atoms with E-state index in [4.69, 9.17) is 5.11 Å². The van der Waals surface area contributed by atoms with E-state index in [0.29, 0.717) is 13.0 Å². The summed E-state index contributed by atoms with van der Waals surface area (Å²) in [4.78, 5) is 11.0. The van der Waals surface area contributed by atoms with E-state index in [1.54, 1.807) is 0 Å². The number of hydrogen-bond acceptors (Lipinski definition) is 4. The molecule has 0 spiro atoms. The minimum absolute atomic E-state index is 0.0473. The van der Waals surface area contributed by atoms with Gasteiger partial charge in [0.25, 0.3) is 0 Å². The van der Waals surface area contributed by atoms with Crippen LogP contribution in [0.3, 0.4) is 0 Å². The summed E-state index contributed by atoms with van der Waals surface area (Å²) >= 11 is 0. The molecule has 7 nitrogen and oxygen atoms in total. The summed E-state index contributed by atoms with van der Waals surface area (Å²) in [7, 11) is -3.81. The molecule has 0 aliphatic heterocycles. The third-order valence-electron chi connectivity index (χ3n) is 3.51. The van der Waals surface area contributed by atoms with Crippen molar-refractivity contribution in [3.05, 3.63) is 18.0 Å². The first-order chi connectivity index (χ1) is 9.85. The van der Waals surface area contributed by atoms with Gasteiger partial charge in [-0.3, -0.25) is 0 Å². The first-order valence-corrected chi connectivity index (χ1v) is 8.44. The normalized spacial score (nSPS) is 16.9. The molecule has 118 valence electrons. The molecule has 0 aromatic carbocycles.